The van der Waals surface area contributed by atoms with E-state index in [9.17, 15) is 4.79 Å². The molecule has 0 bridgehead atoms. The first-order chi connectivity index (χ1) is 10.0. The summed E-state index contributed by atoms with van der Waals surface area (Å²) >= 11 is 0. The fraction of sp³-hybridized carbons (Fsp3) is 0.611. The number of nitrogens with zero attached hydrogens (tertiary/aromatic N) is 1. The standard InChI is InChI=1S/C18H29NO2/c1-6-19(7-2)18(15(4)5,14-17(20)21-8-3)16-12-10-9-11-13-16/h9-13,15H,6-8,14H2,1-5H3. The van der Waals surface area contributed by atoms with Crippen LogP contribution in [0.2, 0.25) is 0 Å². The fourth-order valence-corrected chi connectivity index (χ4v) is 3.25. The molecule has 0 aliphatic heterocycles. The zero-order chi connectivity index (χ0) is 15.9. The Kier molecular flexibility index (Phi) is 6.90. The summed E-state index contributed by atoms with van der Waals surface area (Å²) in [7, 11) is 0. The second-order valence-corrected chi connectivity index (χ2v) is 5.60. The molecule has 3 heteroatoms. The van der Waals surface area contributed by atoms with Gasteiger partial charge in [0.05, 0.1) is 18.6 Å². The molecule has 1 aromatic carbocycles. The van der Waals surface area contributed by atoms with Crippen LogP contribution in [0.4, 0.5) is 0 Å². The molecule has 118 valence electrons. The highest BCUT2D eigenvalue weighted by Crippen LogP contribution is 2.39. The number of carbonyl (C=O) groups excluding carboxylic acids is 1. The third-order valence-electron chi connectivity index (χ3n) is 4.28. The lowest BCUT2D eigenvalue weighted by Crippen LogP contribution is -2.51. The maximum absolute atomic E-state index is 12.2. The summed E-state index contributed by atoms with van der Waals surface area (Å²) in [5, 5.41) is 0. The van der Waals surface area contributed by atoms with Gasteiger partial charge in [0.25, 0.3) is 0 Å². The van der Waals surface area contributed by atoms with Crippen molar-refractivity contribution < 1.29 is 9.53 Å². The second-order valence-electron chi connectivity index (χ2n) is 5.60. The van der Waals surface area contributed by atoms with Crippen molar-refractivity contribution in [3.8, 4) is 0 Å². The fourth-order valence-electron chi connectivity index (χ4n) is 3.25. The summed E-state index contributed by atoms with van der Waals surface area (Å²) in [6.07, 6.45) is 0.393. The number of esters is 1. The minimum atomic E-state index is -0.309. The zero-order valence-electron chi connectivity index (χ0n) is 14.1. The topological polar surface area (TPSA) is 29.5 Å². The van der Waals surface area contributed by atoms with Gasteiger partial charge in [-0.2, -0.15) is 0 Å². The molecule has 21 heavy (non-hydrogen) atoms. The first-order valence-electron chi connectivity index (χ1n) is 7.99. The van der Waals surface area contributed by atoms with Gasteiger partial charge in [-0.3, -0.25) is 9.69 Å². The molecule has 0 amide bonds. The molecule has 0 saturated heterocycles. The first-order valence-corrected chi connectivity index (χ1v) is 7.99. The lowest BCUT2D eigenvalue weighted by atomic mass is 9.75. The van der Waals surface area contributed by atoms with Crippen molar-refractivity contribution in [3.63, 3.8) is 0 Å². The van der Waals surface area contributed by atoms with Crippen LogP contribution >= 0.6 is 0 Å². The van der Waals surface area contributed by atoms with E-state index in [2.05, 4.69) is 44.7 Å². The highest BCUT2D eigenvalue weighted by molar-refractivity contribution is 5.71. The third kappa shape index (κ3) is 3.85. The van der Waals surface area contributed by atoms with Crippen molar-refractivity contribution in [2.24, 2.45) is 5.92 Å². The monoisotopic (exact) mass is 291 g/mol. The quantitative estimate of drug-likeness (QED) is 0.682. The summed E-state index contributed by atoms with van der Waals surface area (Å²) in [6, 6.07) is 10.3. The number of carbonyl (C=O) groups is 1. The van der Waals surface area contributed by atoms with E-state index in [0.717, 1.165) is 13.1 Å². The number of benzene rings is 1. The Morgan fingerprint density at radius 3 is 2.14 bits per heavy atom. The van der Waals surface area contributed by atoms with Gasteiger partial charge in [0.15, 0.2) is 0 Å². The van der Waals surface area contributed by atoms with Crippen molar-refractivity contribution in [1.29, 1.82) is 0 Å². The van der Waals surface area contributed by atoms with Crippen LogP contribution in [0.1, 0.15) is 46.6 Å². The molecule has 0 saturated carbocycles. The number of hydrogen-bond donors (Lipinski definition) is 0. The molecule has 0 aromatic heterocycles. The van der Waals surface area contributed by atoms with Gasteiger partial charge < -0.3 is 4.74 Å². The Hall–Kier alpha value is -1.35. The molecular weight excluding hydrogens is 262 g/mol. The lowest BCUT2D eigenvalue weighted by molar-refractivity contribution is -0.148. The first kappa shape index (κ1) is 17.7. The average molecular weight is 291 g/mol. The van der Waals surface area contributed by atoms with Crippen LogP contribution < -0.4 is 0 Å². The zero-order valence-corrected chi connectivity index (χ0v) is 14.1. The van der Waals surface area contributed by atoms with E-state index in [-0.39, 0.29) is 11.5 Å². The number of rotatable bonds is 8. The van der Waals surface area contributed by atoms with Crippen LogP contribution in [0, 0.1) is 5.92 Å². The van der Waals surface area contributed by atoms with E-state index in [1.54, 1.807) is 0 Å². The second kappa shape index (κ2) is 8.18. The van der Waals surface area contributed by atoms with E-state index in [0.29, 0.717) is 18.9 Å². The smallest absolute Gasteiger partial charge is 0.308 e. The molecule has 0 fully saturated rings. The molecule has 3 nitrogen and oxygen atoms in total. The van der Waals surface area contributed by atoms with E-state index in [4.69, 9.17) is 4.74 Å². The van der Waals surface area contributed by atoms with E-state index in [1.165, 1.54) is 5.56 Å². The number of ether oxygens (including phenoxy) is 1. The summed E-state index contributed by atoms with van der Waals surface area (Å²) in [5.41, 5.74) is 0.883. The highest BCUT2D eigenvalue weighted by atomic mass is 16.5. The Balaban J connectivity index is 3.32. The van der Waals surface area contributed by atoms with Crippen LogP contribution in [-0.4, -0.2) is 30.6 Å². The van der Waals surface area contributed by atoms with Gasteiger partial charge in [0, 0.05) is 0 Å². The summed E-state index contributed by atoms with van der Waals surface area (Å²) in [4.78, 5) is 14.6. The third-order valence-corrected chi connectivity index (χ3v) is 4.28. The van der Waals surface area contributed by atoms with Crippen molar-refractivity contribution in [3.05, 3.63) is 35.9 Å². The molecule has 0 spiro atoms. The Morgan fingerprint density at radius 2 is 1.71 bits per heavy atom. The van der Waals surface area contributed by atoms with Crippen molar-refractivity contribution >= 4 is 5.97 Å². The maximum atomic E-state index is 12.2. The molecule has 0 heterocycles. The molecule has 0 aliphatic carbocycles. The SMILES string of the molecule is CCOC(=O)CC(c1ccccc1)(C(C)C)N(CC)CC. The summed E-state index contributed by atoms with van der Waals surface area (Å²) in [5.74, 6) is 0.186. The van der Waals surface area contributed by atoms with Gasteiger partial charge in [-0.1, -0.05) is 58.0 Å². The predicted molar refractivity (Wildman–Crippen MR) is 87.1 cm³/mol. The van der Waals surface area contributed by atoms with Gasteiger partial charge >= 0.3 is 5.97 Å². The molecule has 0 aliphatic rings. The van der Waals surface area contributed by atoms with Crippen LogP contribution in [0.15, 0.2) is 30.3 Å². The predicted octanol–water partition coefficient (Wildman–Crippen LogP) is 3.83. The average Bonchev–Trinajstić information content (AvgIpc) is 2.48. The molecule has 1 rings (SSSR count). The molecule has 1 aromatic rings. The van der Waals surface area contributed by atoms with E-state index < -0.39 is 0 Å². The Labute approximate surface area is 129 Å². The molecule has 1 atom stereocenters. The van der Waals surface area contributed by atoms with Crippen LogP contribution in [-0.2, 0) is 15.1 Å². The molecule has 1 unspecified atom stereocenters. The van der Waals surface area contributed by atoms with Gasteiger partial charge in [0.1, 0.15) is 0 Å². The van der Waals surface area contributed by atoms with E-state index >= 15 is 0 Å². The lowest BCUT2D eigenvalue weighted by Gasteiger charge is -2.46. The summed E-state index contributed by atoms with van der Waals surface area (Å²) in [6.45, 7) is 12.8. The number of hydrogen-bond acceptors (Lipinski definition) is 3. The van der Waals surface area contributed by atoms with Crippen molar-refractivity contribution in [2.45, 2.75) is 46.6 Å². The summed E-state index contributed by atoms with van der Waals surface area (Å²) < 4.78 is 5.24. The Bertz CT molecular complexity index is 426. The minimum Gasteiger partial charge on any atom is -0.466 e. The van der Waals surface area contributed by atoms with Crippen LogP contribution in [0.5, 0.6) is 0 Å². The Morgan fingerprint density at radius 1 is 1.14 bits per heavy atom. The van der Waals surface area contributed by atoms with Gasteiger partial charge in [-0.05, 0) is 31.5 Å². The molecule has 0 N–H and O–H groups in total. The normalized spacial score (nSPS) is 14.2. The highest BCUT2D eigenvalue weighted by Gasteiger charge is 2.42. The van der Waals surface area contributed by atoms with Crippen LogP contribution in [0.25, 0.3) is 0 Å². The van der Waals surface area contributed by atoms with Gasteiger partial charge in [0.2, 0.25) is 0 Å². The molecule has 0 radical (unpaired) electrons. The van der Waals surface area contributed by atoms with Crippen molar-refractivity contribution in [2.75, 3.05) is 19.7 Å². The van der Waals surface area contributed by atoms with E-state index in [1.807, 2.05) is 25.1 Å². The maximum Gasteiger partial charge on any atom is 0.308 e. The minimum absolute atomic E-state index is 0.123. The van der Waals surface area contributed by atoms with Crippen molar-refractivity contribution in [1.82, 2.24) is 4.90 Å². The van der Waals surface area contributed by atoms with Gasteiger partial charge in [-0.15, -0.1) is 0 Å². The van der Waals surface area contributed by atoms with Gasteiger partial charge in [-0.25, -0.2) is 0 Å². The molecular formula is C18H29NO2. The largest absolute Gasteiger partial charge is 0.466 e. The van der Waals surface area contributed by atoms with Crippen LogP contribution in [0.3, 0.4) is 0 Å².